The van der Waals surface area contributed by atoms with Crippen LogP contribution in [0.3, 0.4) is 0 Å². The van der Waals surface area contributed by atoms with Gasteiger partial charge in [0, 0.05) is 19.7 Å². The zero-order valence-electron chi connectivity index (χ0n) is 15.0. The maximum Gasteiger partial charge on any atom is 0.254 e. The lowest BCUT2D eigenvalue weighted by Crippen LogP contribution is -2.27. The molecule has 1 amide bonds. The van der Waals surface area contributed by atoms with Crippen molar-refractivity contribution in [3.8, 4) is 11.5 Å². The molecule has 2 aromatic rings. The van der Waals surface area contributed by atoms with E-state index in [0.717, 1.165) is 6.42 Å². The minimum Gasteiger partial charge on any atom is -0.490 e. The average molecular weight is 367 g/mol. The minimum absolute atomic E-state index is 0.187. The van der Waals surface area contributed by atoms with E-state index in [1.54, 1.807) is 35.0 Å². The number of nitrogens with zero attached hydrogens (tertiary/aromatic N) is 4. The number of amides is 1. The number of benzene rings is 1. The van der Waals surface area contributed by atoms with Crippen LogP contribution in [0.25, 0.3) is 0 Å². The van der Waals surface area contributed by atoms with Crippen molar-refractivity contribution in [3.63, 3.8) is 0 Å². The van der Waals surface area contributed by atoms with Crippen LogP contribution in [-0.4, -0.2) is 45.8 Å². The molecule has 136 valence electrons. The first-order valence-corrected chi connectivity index (χ1v) is 8.53. The fraction of sp³-hybridized carbons (Fsp3) is 0.471. The summed E-state index contributed by atoms with van der Waals surface area (Å²) in [7, 11) is 3.53. The SMILES string of the molecule is CCCOc1c(Cl)cc(C(=O)N(C)Cc2nncn2C)cc1OCC. The molecule has 0 bridgehead atoms. The average Bonchev–Trinajstić information content (AvgIpc) is 2.98. The molecule has 0 saturated carbocycles. The predicted octanol–water partition coefficient (Wildman–Crippen LogP) is 2.93. The van der Waals surface area contributed by atoms with Crippen LogP contribution in [0.15, 0.2) is 18.5 Å². The highest BCUT2D eigenvalue weighted by molar-refractivity contribution is 6.32. The van der Waals surface area contributed by atoms with E-state index in [1.165, 1.54) is 0 Å². The summed E-state index contributed by atoms with van der Waals surface area (Å²) in [5.41, 5.74) is 0.432. The van der Waals surface area contributed by atoms with Crippen molar-refractivity contribution in [2.45, 2.75) is 26.8 Å². The Labute approximate surface area is 152 Å². The van der Waals surface area contributed by atoms with Crippen LogP contribution in [0.1, 0.15) is 36.5 Å². The number of hydrogen-bond donors (Lipinski definition) is 0. The number of carbonyl (C=O) groups is 1. The second-order valence-electron chi connectivity index (χ2n) is 5.59. The van der Waals surface area contributed by atoms with Crippen molar-refractivity contribution >= 4 is 17.5 Å². The summed E-state index contributed by atoms with van der Waals surface area (Å²) in [6, 6.07) is 3.26. The Hall–Kier alpha value is -2.28. The maximum atomic E-state index is 12.7. The van der Waals surface area contributed by atoms with Gasteiger partial charge in [0.1, 0.15) is 6.33 Å². The Kier molecular flexibility index (Phi) is 6.64. The molecule has 25 heavy (non-hydrogen) atoms. The third-order valence-corrected chi connectivity index (χ3v) is 3.82. The summed E-state index contributed by atoms with van der Waals surface area (Å²) in [4.78, 5) is 14.3. The van der Waals surface area contributed by atoms with E-state index in [2.05, 4.69) is 10.2 Å². The molecule has 0 fully saturated rings. The molecule has 0 spiro atoms. The second-order valence-corrected chi connectivity index (χ2v) is 5.99. The Morgan fingerprint density at radius 2 is 2.08 bits per heavy atom. The third kappa shape index (κ3) is 4.63. The molecular formula is C17H23ClN4O3. The molecule has 0 unspecified atom stereocenters. The molecule has 0 atom stereocenters. The molecule has 0 radical (unpaired) electrons. The first kappa shape index (κ1) is 19.1. The molecule has 1 heterocycles. The van der Waals surface area contributed by atoms with Crippen molar-refractivity contribution in [2.75, 3.05) is 20.3 Å². The molecule has 0 aliphatic carbocycles. The molecule has 7 nitrogen and oxygen atoms in total. The third-order valence-electron chi connectivity index (χ3n) is 3.54. The van der Waals surface area contributed by atoms with Gasteiger partial charge in [0.05, 0.1) is 24.8 Å². The maximum absolute atomic E-state index is 12.7. The molecule has 0 N–H and O–H groups in total. The van der Waals surface area contributed by atoms with Gasteiger partial charge >= 0.3 is 0 Å². The summed E-state index contributed by atoms with van der Waals surface area (Å²) < 4.78 is 13.0. The van der Waals surface area contributed by atoms with Gasteiger partial charge < -0.3 is 18.9 Å². The molecule has 0 aliphatic rings. The summed E-state index contributed by atoms with van der Waals surface area (Å²) in [6.45, 7) is 5.19. The number of ether oxygens (including phenoxy) is 2. The number of carbonyl (C=O) groups excluding carboxylic acids is 1. The van der Waals surface area contributed by atoms with Crippen LogP contribution in [0.5, 0.6) is 11.5 Å². The largest absolute Gasteiger partial charge is 0.490 e. The van der Waals surface area contributed by atoms with E-state index >= 15 is 0 Å². The number of aromatic nitrogens is 3. The van der Waals surface area contributed by atoms with Crippen LogP contribution in [0, 0.1) is 0 Å². The summed E-state index contributed by atoms with van der Waals surface area (Å²) >= 11 is 6.32. The van der Waals surface area contributed by atoms with E-state index < -0.39 is 0 Å². The van der Waals surface area contributed by atoms with Gasteiger partial charge in [-0.15, -0.1) is 10.2 Å². The minimum atomic E-state index is -0.187. The molecule has 1 aromatic carbocycles. The van der Waals surface area contributed by atoms with Gasteiger partial charge in [0.2, 0.25) is 0 Å². The van der Waals surface area contributed by atoms with E-state index in [0.29, 0.717) is 47.7 Å². The van der Waals surface area contributed by atoms with Gasteiger partial charge in [-0.25, -0.2) is 0 Å². The Balaban J connectivity index is 2.25. The number of hydrogen-bond acceptors (Lipinski definition) is 5. The van der Waals surface area contributed by atoms with Gasteiger partial charge in [0.15, 0.2) is 17.3 Å². The van der Waals surface area contributed by atoms with Gasteiger partial charge in [-0.05, 0) is 25.5 Å². The smallest absolute Gasteiger partial charge is 0.254 e. The van der Waals surface area contributed by atoms with Crippen LogP contribution in [0.2, 0.25) is 5.02 Å². The van der Waals surface area contributed by atoms with Crippen LogP contribution >= 0.6 is 11.6 Å². The lowest BCUT2D eigenvalue weighted by atomic mass is 10.1. The van der Waals surface area contributed by atoms with E-state index in [-0.39, 0.29) is 5.91 Å². The zero-order valence-corrected chi connectivity index (χ0v) is 15.7. The molecule has 1 aromatic heterocycles. The quantitative estimate of drug-likeness (QED) is 0.718. The lowest BCUT2D eigenvalue weighted by Gasteiger charge is -2.19. The summed E-state index contributed by atoms with van der Waals surface area (Å²) in [5, 5.41) is 8.17. The first-order chi connectivity index (χ1) is 12.0. The van der Waals surface area contributed by atoms with Crippen molar-refractivity contribution in [3.05, 3.63) is 34.9 Å². The first-order valence-electron chi connectivity index (χ1n) is 8.15. The zero-order chi connectivity index (χ0) is 18.4. The Morgan fingerprint density at radius 1 is 1.32 bits per heavy atom. The Bertz CT molecular complexity index is 733. The van der Waals surface area contributed by atoms with Crippen LogP contribution < -0.4 is 9.47 Å². The molecule has 0 saturated heterocycles. The topological polar surface area (TPSA) is 69.5 Å². The predicted molar refractivity (Wildman–Crippen MR) is 95.2 cm³/mol. The summed E-state index contributed by atoms with van der Waals surface area (Å²) in [6.07, 6.45) is 2.45. The van der Waals surface area contributed by atoms with Gasteiger partial charge in [-0.3, -0.25) is 4.79 Å². The molecule has 0 aliphatic heterocycles. The monoisotopic (exact) mass is 366 g/mol. The Morgan fingerprint density at radius 3 is 2.68 bits per heavy atom. The summed E-state index contributed by atoms with van der Waals surface area (Å²) in [5.74, 6) is 1.44. The normalized spacial score (nSPS) is 10.6. The van der Waals surface area contributed by atoms with Crippen molar-refractivity contribution in [2.24, 2.45) is 7.05 Å². The van der Waals surface area contributed by atoms with Crippen LogP contribution in [0.4, 0.5) is 0 Å². The van der Waals surface area contributed by atoms with E-state index in [4.69, 9.17) is 21.1 Å². The number of rotatable bonds is 8. The fourth-order valence-corrected chi connectivity index (χ4v) is 2.52. The standard InChI is InChI=1S/C17H23ClN4O3/c1-5-7-25-16-13(18)8-12(9-14(16)24-6-2)17(23)21(3)10-15-20-19-11-22(15)4/h8-9,11H,5-7,10H2,1-4H3. The van der Waals surface area contributed by atoms with E-state index in [9.17, 15) is 4.79 Å². The lowest BCUT2D eigenvalue weighted by molar-refractivity contribution is 0.0780. The molecular weight excluding hydrogens is 344 g/mol. The number of halogens is 1. The van der Waals surface area contributed by atoms with Gasteiger partial charge in [-0.2, -0.15) is 0 Å². The van der Waals surface area contributed by atoms with Crippen molar-refractivity contribution in [1.29, 1.82) is 0 Å². The van der Waals surface area contributed by atoms with Crippen LogP contribution in [-0.2, 0) is 13.6 Å². The second kappa shape index (κ2) is 8.71. The van der Waals surface area contributed by atoms with Gasteiger partial charge in [0.25, 0.3) is 5.91 Å². The van der Waals surface area contributed by atoms with E-state index in [1.807, 2.05) is 20.9 Å². The highest BCUT2D eigenvalue weighted by Gasteiger charge is 2.19. The molecule has 8 heteroatoms. The fourth-order valence-electron chi connectivity index (χ4n) is 2.25. The van der Waals surface area contributed by atoms with Gasteiger partial charge in [-0.1, -0.05) is 18.5 Å². The highest BCUT2D eigenvalue weighted by atomic mass is 35.5. The number of aryl methyl sites for hydroxylation is 1. The molecule has 2 rings (SSSR count). The van der Waals surface area contributed by atoms with Crippen molar-refractivity contribution in [1.82, 2.24) is 19.7 Å². The highest BCUT2D eigenvalue weighted by Crippen LogP contribution is 2.37. The van der Waals surface area contributed by atoms with Crippen molar-refractivity contribution < 1.29 is 14.3 Å².